The van der Waals surface area contributed by atoms with E-state index in [1.165, 1.54) is 24.2 Å². The van der Waals surface area contributed by atoms with Crippen LogP contribution in [0.4, 0.5) is 18.9 Å². The van der Waals surface area contributed by atoms with Gasteiger partial charge in [-0.2, -0.15) is 13.2 Å². The molecule has 0 aromatic heterocycles. The Morgan fingerprint density at radius 3 is 2.56 bits per heavy atom. The molecular weight excluding hydrogens is 489 g/mol. The van der Waals surface area contributed by atoms with Crippen LogP contribution in [0.25, 0.3) is 0 Å². The second-order valence-corrected chi connectivity index (χ2v) is 11.7. The van der Waals surface area contributed by atoms with Gasteiger partial charge in [0, 0.05) is 31.0 Å². The summed E-state index contributed by atoms with van der Waals surface area (Å²) in [5.74, 6) is -0.142. The van der Waals surface area contributed by atoms with Gasteiger partial charge in [0.25, 0.3) is 5.91 Å². The van der Waals surface area contributed by atoms with Crippen molar-refractivity contribution in [1.29, 1.82) is 0 Å². The number of hydrogen-bond donors (Lipinski definition) is 2. The molecule has 1 aromatic carbocycles. The van der Waals surface area contributed by atoms with Crippen molar-refractivity contribution in [2.45, 2.75) is 81.4 Å². The summed E-state index contributed by atoms with van der Waals surface area (Å²) in [6, 6.07) is 3.68. The fourth-order valence-corrected chi connectivity index (χ4v) is 6.80. The van der Waals surface area contributed by atoms with Gasteiger partial charge in [-0.1, -0.05) is 49.9 Å². The van der Waals surface area contributed by atoms with Crippen LogP contribution in [0.3, 0.4) is 0 Å². The number of nitrogens with two attached hydrogens (primary N) is 1. The van der Waals surface area contributed by atoms with E-state index in [4.69, 9.17) is 5.73 Å². The Labute approximate surface area is 213 Å². The van der Waals surface area contributed by atoms with E-state index in [0.29, 0.717) is 42.4 Å². The second-order valence-electron chi connectivity index (χ2n) is 10.5. The lowest BCUT2D eigenvalue weighted by Crippen LogP contribution is -2.50. The molecule has 5 rings (SSSR count). The number of benzene rings is 1. The molecule has 4 aliphatic rings. The summed E-state index contributed by atoms with van der Waals surface area (Å²) in [5, 5.41) is 2.84. The van der Waals surface area contributed by atoms with E-state index in [2.05, 4.69) is 5.32 Å². The van der Waals surface area contributed by atoms with Crippen LogP contribution in [-0.4, -0.2) is 47.3 Å². The Balaban J connectivity index is 1.39. The second kappa shape index (κ2) is 10.2. The number of halogens is 3. The number of amides is 2. The Kier molecular flexibility index (Phi) is 7.16. The van der Waals surface area contributed by atoms with Crippen molar-refractivity contribution in [3.05, 3.63) is 40.4 Å². The fraction of sp³-hybridized carbons (Fsp3) is 0.615. The van der Waals surface area contributed by atoms with Gasteiger partial charge in [-0.3, -0.25) is 9.59 Å². The number of rotatable bonds is 8. The van der Waals surface area contributed by atoms with Gasteiger partial charge in [-0.05, 0) is 49.3 Å². The molecule has 2 heterocycles. The minimum atomic E-state index is -4.41. The SMILES string of the molecule is NC(=O)C1=CN([C@@H](CC2CCCCC2)C(=O)NC2CC2)C(CN2CCc3ccc(C(F)(F)F)cc32)S1. The highest BCUT2D eigenvalue weighted by molar-refractivity contribution is 8.04. The lowest BCUT2D eigenvalue weighted by molar-refractivity contribution is -0.137. The number of fused-ring (bicyclic) bond motifs is 1. The summed E-state index contributed by atoms with van der Waals surface area (Å²) >= 11 is 1.31. The van der Waals surface area contributed by atoms with Crippen molar-refractivity contribution in [1.82, 2.24) is 10.2 Å². The van der Waals surface area contributed by atoms with Crippen LogP contribution in [0.5, 0.6) is 0 Å². The Bertz CT molecular complexity index is 1040. The summed E-state index contributed by atoms with van der Waals surface area (Å²) in [6.07, 6.45) is 6.34. The number of primary amides is 1. The quantitative estimate of drug-likeness (QED) is 0.530. The molecule has 1 aromatic rings. The van der Waals surface area contributed by atoms with Gasteiger partial charge in [-0.25, -0.2) is 0 Å². The largest absolute Gasteiger partial charge is 0.416 e. The lowest BCUT2D eigenvalue weighted by atomic mass is 9.84. The maximum Gasteiger partial charge on any atom is 0.416 e. The topological polar surface area (TPSA) is 78.7 Å². The lowest BCUT2D eigenvalue weighted by Gasteiger charge is -2.37. The molecule has 3 N–H and O–H groups in total. The van der Waals surface area contributed by atoms with Crippen LogP contribution in [0.1, 0.15) is 62.5 Å². The third-order valence-electron chi connectivity index (χ3n) is 7.75. The van der Waals surface area contributed by atoms with Crippen molar-refractivity contribution in [2.24, 2.45) is 11.7 Å². The van der Waals surface area contributed by atoms with E-state index in [9.17, 15) is 22.8 Å². The Morgan fingerprint density at radius 2 is 1.89 bits per heavy atom. The first-order chi connectivity index (χ1) is 17.2. The number of alkyl halides is 3. The third kappa shape index (κ3) is 5.63. The highest BCUT2D eigenvalue weighted by Gasteiger charge is 2.41. The molecule has 196 valence electrons. The molecule has 10 heteroatoms. The number of carbonyl (C=O) groups excluding carboxylic acids is 2. The molecule has 0 saturated heterocycles. The van der Waals surface area contributed by atoms with E-state index in [1.54, 1.807) is 12.3 Å². The first-order valence-electron chi connectivity index (χ1n) is 12.9. The summed E-state index contributed by atoms with van der Waals surface area (Å²) < 4.78 is 40.1. The normalized spacial score (nSPS) is 23.4. The molecule has 6 nitrogen and oxygen atoms in total. The number of anilines is 1. The van der Waals surface area contributed by atoms with E-state index in [1.807, 2.05) is 9.80 Å². The van der Waals surface area contributed by atoms with Crippen LogP contribution < -0.4 is 16.0 Å². The first kappa shape index (κ1) is 25.3. The molecule has 0 spiro atoms. The van der Waals surface area contributed by atoms with Crippen molar-refractivity contribution in [2.75, 3.05) is 18.0 Å². The van der Waals surface area contributed by atoms with E-state index in [-0.39, 0.29) is 17.3 Å². The summed E-state index contributed by atoms with van der Waals surface area (Å²) in [4.78, 5) is 29.8. The van der Waals surface area contributed by atoms with Gasteiger partial charge < -0.3 is 20.9 Å². The van der Waals surface area contributed by atoms with Crippen molar-refractivity contribution >= 4 is 29.3 Å². The van der Waals surface area contributed by atoms with Crippen LogP contribution in [-0.2, 0) is 22.2 Å². The van der Waals surface area contributed by atoms with Crippen molar-refractivity contribution in [3.63, 3.8) is 0 Å². The number of nitrogens with one attached hydrogen (secondary N) is 1. The van der Waals surface area contributed by atoms with Crippen molar-refractivity contribution in [3.8, 4) is 0 Å². The van der Waals surface area contributed by atoms with Crippen LogP contribution >= 0.6 is 11.8 Å². The van der Waals surface area contributed by atoms with Gasteiger partial charge in [0.1, 0.15) is 6.04 Å². The van der Waals surface area contributed by atoms with E-state index >= 15 is 0 Å². The minimum Gasteiger partial charge on any atom is -0.368 e. The zero-order chi connectivity index (χ0) is 25.4. The highest BCUT2D eigenvalue weighted by Crippen LogP contribution is 2.41. The maximum atomic E-state index is 13.4. The summed E-state index contributed by atoms with van der Waals surface area (Å²) in [5.41, 5.74) is 6.42. The fourth-order valence-electron chi connectivity index (χ4n) is 5.63. The molecule has 2 saturated carbocycles. The number of hydrogen-bond acceptors (Lipinski definition) is 5. The monoisotopic (exact) mass is 522 g/mol. The molecular formula is C26H33F3N4O2S. The number of carbonyl (C=O) groups is 2. The smallest absolute Gasteiger partial charge is 0.368 e. The zero-order valence-corrected chi connectivity index (χ0v) is 21.0. The number of nitrogens with zero attached hydrogens (tertiary/aromatic N) is 2. The van der Waals surface area contributed by atoms with Gasteiger partial charge in [0.15, 0.2) is 0 Å². The molecule has 2 amide bonds. The number of thioether (sulfide) groups is 1. The Morgan fingerprint density at radius 1 is 1.14 bits per heavy atom. The third-order valence-corrected chi connectivity index (χ3v) is 8.98. The highest BCUT2D eigenvalue weighted by atomic mass is 32.2. The average molecular weight is 523 g/mol. The van der Waals surface area contributed by atoms with Crippen LogP contribution in [0, 0.1) is 5.92 Å². The molecule has 2 fully saturated rings. The minimum absolute atomic E-state index is 0.0307. The van der Waals surface area contributed by atoms with E-state index < -0.39 is 23.7 Å². The zero-order valence-electron chi connectivity index (χ0n) is 20.2. The molecule has 2 aliphatic heterocycles. The molecule has 36 heavy (non-hydrogen) atoms. The van der Waals surface area contributed by atoms with Crippen LogP contribution in [0.2, 0.25) is 0 Å². The Hall–Kier alpha value is -2.36. The summed E-state index contributed by atoms with van der Waals surface area (Å²) in [7, 11) is 0. The predicted octanol–water partition coefficient (Wildman–Crippen LogP) is 4.39. The van der Waals surface area contributed by atoms with E-state index in [0.717, 1.165) is 50.2 Å². The predicted molar refractivity (Wildman–Crippen MR) is 134 cm³/mol. The van der Waals surface area contributed by atoms with Gasteiger partial charge in [-0.15, -0.1) is 0 Å². The van der Waals surface area contributed by atoms with Gasteiger partial charge in [0.05, 0.1) is 15.8 Å². The molecule has 2 atom stereocenters. The van der Waals surface area contributed by atoms with Crippen molar-refractivity contribution < 1.29 is 22.8 Å². The molecule has 2 aliphatic carbocycles. The van der Waals surface area contributed by atoms with Gasteiger partial charge in [0.2, 0.25) is 5.91 Å². The average Bonchev–Trinajstić information content (AvgIpc) is 3.41. The molecule has 0 radical (unpaired) electrons. The molecule has 1 unspecified atom stereocenters. The summed E-state index contributed by atoms with van der Waals surface area (Å²) in [6.45, 7) is 0.985. The van der Waals surface area contributed by atoms with Gasteiger partial charge >= 0.3 is 6.18 Å². The maximum absolute atomic E-state index is 13.4. The standard InChI is InChI=1S/C26H33F3N4O2S/c27-26(28,29)18-7-6-17-10-11-32(20(17)13-18)15-23-33(14-22(36-23)24(30)34)21(25(35)31-19-8-9-19)12-16-4-2-1-3-5-16/h6-7,13-14,16,19,21,23H,1-5,8-12,15H2,(H2,30,34)(H,31,35)/t21-,23?/m0/s1. The van der Waals surface area contributed by atoms with Crippen LogP contribution in [0.15, 0.2) is 29.3 Å². The first-order valence-corrected chi connectivity index (χ1v) is 13.8. The molecule has 0 bridgehead atoms.